The summed E-state index contributed by atoms with van der Waals surface area (Å²) in [5.74, 6) is 2.06. The van der Waals surface area contributed by atoms with Crippen molar-refractivity contribution >= 4 is 0 Å². The summed E-state index contributed by atoms with van der Waals surface area (Å²) in [4.78, 5) is 0. The van der Waals surface area contributed by atoms with E-state index in [1.807, 2.05) is 0 Å². The molecule has 3 rings (SSSR count). The fourth-order valence-corrected chi connectivity index (χ4v) is 5.32. The Labute approximate surface area is 126 Å². The van der Waals surface area contributed by atoms with Gasteiger partial charge < -0.3 is 5.32 Å². The number of hydrogen-bond acceptors (Lipinski definition) is 1. The first-order valence-electron chi connectivity index (χ1n) is 9.50. The fourth-order valence-electron chi connectivity index (χ4n) is 5.32. The molecule has 0 aromatic carbocycles. The summed E-state index contributed by atoms with van der Waals surface area (Å²) in [6.45, 7) is 3.81. The maximum Gasteiger partial charge on any atom is 0.00982 e. The van der Waals surface area contributed by atoms with E-state index >= 15 is 0 Å². The van der Waals surface area contributed by atoms with Crippen molar-refractivity contribution in [2.75, 3.05) is 6.54 Å². The van der Waals surface area contributed by atoms with Crippen LogP contribution in [0.5, 0.6) is 0 Å². The third-order valence-electron chi connectivity index (χ3n) is 6.68. The number of hydrogen-bond donors (Lipinski definition) is 1. The first-order chi connectivity index (χ1) is 9.77. The summed E-state index contributed by atoms with van der Waals surface area (Å²) < 4.78 is 0. The van der Waals surface area contributed by atoms with Gasteiger partial charge in [-0.2, -0.15) is 0 Å². The minimum atomic E-state index is 0.620. The normalized spacial score (nSPS) is 35.2. The van der Waals surface area contributed by atoms with Crippen LogP contribution >= 0.6 is 0 Å². The van der Waals surface area contributed by atoms with Crippen molar-refractivity contribution in [2.45, 2.75) is 96.4 Å². The van der Waals surface area contributed by atoms with Crippen molar-refractivity contribution in [1.29, 1.82) is 0 Å². The summed E-state index contributed by atoms with van der Waals surface area (Å²) in [6.07, 6.45) is 19.4. The van der Waals surface area contributed by atoms with Crippen molar-refractivity contribution in [1.82, 2.24) is 5.32 Å². The van der Waals surface area contributed by atoms with Crippen molar-refractivity contribution in [3.8, 4) is 0 Å². The molecule has 3 saturated carbocycles. The average Bonchev–Trinajstić information content (AvgIpc) is 2.94. The molecule has 2 unspecified atom stereocenters. The maximum absolute atomic E-state index is 4.05. The van der Waals surface area contributed by atoms with Gasteiger partial charge in [0.15, 0.2) is 0 Å². The number of nitrogens with one attached hydrogen (secondary N) is 1. The van der Waals surface area contributed by atoms with E-state index in [4.69, 9.17) is 0 Å². The van der Waals surface area contributed by atoms with Gasteiger partial charge in [-0.15, -0.1) is 0 Å². The average molecular weight is 277 g/mol. The van der Waals surface area contributed by atoms with Crippen LogP contribution < -0.4 is 5.32 Å². The predicted molar refractivity (Wildman–Crippen MR) is 86.9 cm³/mol. The van der Waals surface area contributed by atoms with Gasteiger partial charge in [0.1, 0.15) is 0 Å². The first kappa shape index (κ1) is 14.9. The van der Waals surface area contributed by atoms with E-state index in [0.29, 0.717) is 5.41 Å². The SMILES string of the molecule is CC1(CNC2CCCCC2C2CCCCC2)CCCC1. The van der Waals surface area contributed by atoms with Crippen molar-refractivity contribution in [3.05, 3.63) is 0 Å². The van der Waals surface area contributed by atoms with Gasteiger partial charge in [-0.1, -0.05) is 64.7 Å². The Balaban J connectivity index is 1.54. The zero-order valence-corrected chi connectivity index (χ0v) is 13.6. The highest BCUT2D eigenvalue weighted by Gasteiger charge is 2.34. The molecule has 1 nitrogen and oxygen atoms in total. The Morgan fingerprint density at radius 3 is 2.20 bits per heavy atom. The quantitative estimate of drug-likeness (QED) is 0.735. The Bertz CT molecular complexity index is 286. The van der Waals surface area contributed by atoms with Crippen LogP contribution in [0.1, 0.15) is 90.4 Å². The third-order valence-corrected chi connectivity index (χ3v) is 6.68. The Morgan fingerprint density at radius 2 is 1.45 bits per heavy atom. The van der Waals surface area contributed by atoms with Gasteiger partial charge in [0.2, 0.25) is 0 Å². The molecule has 1 heteroatoms. The monoisotopic (exact) mass is 277 g/mol. The molecule has 3 aliphatic carbocycles. The van der Waals surface area contributed by atoms with Crippen molar-refractivity contribution < 1.29 is 0 Å². The molecule has 0 aromatic heterocycles. The molecular formula is C19H35N. The van der Waals surface area contributed by atoms with E-state index in [-0.39, 0.29) is 0 Å². The van der Waals surface area contributed by atoms with Crippen LogP contribution in [0.15, 0.2) is 0 Å². The molecule has 0 bridgehead atoms. The second-order valence-electron chi connectivity index (χ2n) is 8.35. The summed E-state index contributed by atoms with van der Waals surface area (Å²) in [6, 6.07) is 0.851. The minimum absolute atomic E-state index is 0.620. The zero-order valence-electron chi connectivity index (χ0n) is 13.6. The lowest BCUT2D eigenvalue weighted by atomic mass is 9.70. The summed E-state index contributed by atoms with van der Waals surface area (Å²) >= 11 is 0. The molecule has 0 saturated heterocycles. The molecule has 0 heterocycles. The molecule has 0 spiro atoms. The van der Waals surface area contributed by atoms with Crippen LogP contribution in [0.2, 0.25) is 0 Å². The highest BCUT2D eigenvalue weighted by atomic mass is 14.9. The van der Waals surface area contributed by atoms with Gasteiger partial charge in [0.05, 0.1) is 0 Å². The minimum Gasteiger partial charge on any atom is -0.313 e. The van der Waals surface area contributed by atoms with Crippen LogP contribution in [0.25, 0.3) is 0 Å². The van der Waals surface area contributed by atoms with Crippen LogP contribution in [0.4, 0.5) is 0 Å². The van der Waals surface area contributed by atoms with E-state index in [0.717, 1.165) is 17.9 Å². The Hall–Kier alpha value is -0.0400. The Morgan fingerprint density at radius 1 is 0.800 bits per heavy atom. The number of rotatable bonds is 4. The predicted octanol–water partition coefficient (Wildman–Crippen LogP) is 5.30. The molecule has 20 heavy (non-hydrogen) atoms. The largest absolute Gasteiger partial charge is 0.313 e. The fraction of sp³-hybridized carbons (Fsp3) is 1.00. The molecule has 3 fully saturated rings. The van der Waals surface area contributed by atoms with E-state index in [2.05, 4.69) is 12.2 Å². The molecule has 1 N–H and O–H groups in total. The summed E-state index contributed by atoms with van der Waals surface area (Å²) in [5.41, 5.74) is 0.620. The van der Waals surface area contributed by atoms with Crippen molar-refractivity contribution in [3.63, 3.8) is 0 Å². The standard InChI is InChI=1S/C19H35N/c1-19(13-7-8-14-19)15-20-18-12-6-5-11-17(18)16-9-3-2-4-10-16/h16-18,20H,2-15H2,1H3. The van der Waals surface area contributed by atoms with Crippen LogP contribution in [0.3, 0.4) is 0 Å². The second kappa shape index (κ2) is 6.81. The summed E-state index contributed by atoms with van der Waals surface area (Å²) in [7, 11) is 0. The van der Waals surface area contributed by atoms with Crippen LogP contribution in [0, 0.1) is 17.3 Å². The lowest BCUT2D eigenvalue weighted by molar-refractivity contribution is 0.139. The summed E-state index contributed by atoms with van der Waals surface area (Å²) in [5, 5.41) is 4.05. The molecule has 0 radical (unpaired) electrons. The Kier molecular flexibility index (Phi) is 5.07. The van der Waals surface area contributed by atoms with E-state index in [9.17, 15) is 0 Å². The maximum atomic E-state index is 4.05. The van der Waals surface area contributed by atoms with Gasteiger partial charge >= 0.3 is 0 Å². The van der Waals surface area contributed by atoms with Gasteiger partial charge in [-0.3, -0.25) is 0 Å². The van der Waals surface area contributed by atoms with Gasteiger partial charge in [-0.25, -0.2) is 0 Å². The lowest BCUT2D eigenvalue weighted by Gasteiger charge is -2.41. The van der Waals surface area contributed by atoms with Crippen molar-refractivity contribution in [2.24, 2.45) is 17.3 Å². The van der Waals surface area contributed by atoms with Gasteiger partial charge in [0, 0.05) is 12.6 Å². The molecular weight excluding hydrogens is 242 g/mol. The van der Waals surface area contributed by atoms with Gasteiger partial charge in [0.25, 0.3) is 0 Å². The van der Waals surface area contributed by atoms with E-state index < -0.39 is 0 Å². The molecule has 116 valence electrons. The van der Waals surface area contributed by atoms with E-state index in [1.54, 1.807) is 0 Å². The highest BCUT2D eigenvalue weighted by Crippen LogP contribution is 2.40. The van der Waals surface area contributed by atoms with Crippen LogP contribution in [-0.2, 0) is 0 Å². The topological polar surface area (TPSA) is 12.0 Å². The van der Waals surface area contributed by atoms with Crippen LogP contribution in [-0.4, -0.2) is 12.6 Å². The zero-order chi connectivity index (χ0) is 13.8. The molecule has 2 atom stereocenters. The molecule has 0 amide bonds. The molecule has 0 aromatic rings. The van der Waals surface area contributed by atoms with E-state index in [1.165, 1.54) is 90.0 Å². The highest BCUT2D eigenvalue weighted by molar-refractivity contribution is 4.90. The third kappa shape index (κ3) is 3.59. The molecule has 0 aliphatic heterocycles. The van der Waals surface area contributed by atoms with Gasteiger partial charge in [-0.05, 0) is 42.9 Å². The lowest BCUT2D eigenvalue weighted by Crippen LogP contribution is -2.45. The molecule has 3 aliphatic rings. The second-order valence-corrected chi connectivity index (χ2v) is 8.35. The first-order valence-corrected chi connectivity index (χ1v) is 9.50. The smallest absolute Gasteiger partial charge is 0.00982 e.